The molecule has 1 amide bonds. The SMILES string of the molecule is COc1cc(OC)c(OC)cc1/C=N/NC(=O)c1ccc2c(c1)OCO2. The van der Waals surface area contributed by atoms with Gasteiger partial charge in [-0.2, -0.15) is 5.10 Å². The van der Waals surface area contributed by atoms with Crippen LogP contribution in [0.15, 0.2) is 35.4 Å². The second-order valence-corrected chi connectivity index (χ2v) is 5.22. The molecule has 0 atom stereocenters. The molecular formula is C18H18N2O6. The molecule has 0 unspecified atom stereocenters. The number of nitrogens with one attached hydrogen (secondary N) is 1. The molecule has 136 valence electrons. The second-order valence-electron chi connectivity index (χ2n) is 5.22. The Bertz CT molecular complexity index is 850. The first kappa shape index (κ1) is 17.4. The highest BCUT2D eigenvalue weighted by Gasteiger charge is 2.16. The Morgan fingerprint density at radius 3 is 2.42 bits per heavy atom. The molecule has 0 radical (unpaired) electrons. The number of ether oxygens (including phenoxy) is 5. The number of hydrogen-bond acceptors (Lipinski definition) is 7. The van der Waals surface area contributed by atoms with E-state index in [0.29, 0.717) is 39.9 Å². The largest absolute Gasteiger partial charge is 0.496 e. The molecule has 0 saturated heterocycles. The fourth-order valence-corrected chi connectivity index (χ4v) is 2.42. The zero-order chi connectivity index (χ0) is 18.5. The van der Waals surface area contributed by atoms with Crippen molar-refractivity contribution >= 4 is 12.1 Å². The van der Waals surface area contributed by atoms with Crippen LogP contribution >= 0.6 is 0 Å². The Morgan fingerprint density at radius 2 is 1.69 bits per heavy atom. The van der Waals surface area contributed by atoms with Crippen molar-refractivity contribution in [1.29, 1.82) is 0 Å². The van der Waals surface area contributed by atoms with E-state index in [9.17, 15) is 4.79 Å². The van der Waals surface area contributed by atoms with E-state index in [1.165, 1.54) is 27.5 Å². The molecule has 0 fully saturated rings. The van der Waals surface area contributed by atoms with E-state index < -0.39 is 0 Å². The molecular weight excluding hydrogens is 340 g/mol. The zero-order valence-electron chi connectivity index (χ0n) is 14.6. The number of fused-ring (bicyclic) bond motifs is 1. The number of hydrazone groups is 1. The molecule has 8 nitrogen and oxygen atoms in total. The Kier molecular flexibility index (Phi) is 5.12. The number of carbonyl (C=O) groups excluding carboxylic acids is 1. The van der Waals surface area contributed by atoms with Gasteiger partial charge in [-0.1, -0.05) is 0 Å². The third-order valence-corrected chi connectivity index (χ3v) is 3.74. The lowest BCUT2D eigenvalue weighted by Crippen LogP contribution is -2.17. The van der Waals surface area contributed by atoms with Crippen LogP contribution < -0.4 is 29.1 Å². The van der Waals surface area contributed by atoms with Gasteiger partial charge in [-0.25, -0.2) is 5.43 Å². The average molecular weight is 358 g/mol. The molecule has 2 aromatic rings. The summed E-state index contributed by atoms with van der Waals surface area (Å²) in [6.07, 6.45) is 1.46. The van der Waals surface area contributed by atoms with Crippen LogP contribution in [0.4, 0.5) is 0 Å². The number of hydrogen-bond donors (Lipinski definition) is 1. The summed E-state index contributed by atoms with van der Waals surface area (Å²) in [6.45, 7) is 0.150. The minimum absolute atomic E-state index is 0.150. The van der Waals surface area contributed by atoms with Gasteiger partial charge in [-0.3, -0.25) is 4.79 Å². The number of nitrogens with zero attached hydrogens (tertiary/aromatic N) is 1. The number of benzene rings is 2. The first-order valence-corrected chi connectivity index (χ1v) is 7.69. The van der Waals surface area contributed by atoms with E-state index in [1.54, 1.807) is 30.3 Å². The first-order chi connectivity index (χ1) is 12.7. The van der Waals surface area contributed by atoms with Crippen molar-refractivity contribution in [2.24, 2.45) is 5.10 Å². The summed E-state index contributed by atoms with van der Waals surface area (Å²) in [4.78, 5) is 12.2. The van der Waals surface area contributed by atoms with Gasteiger partial charge in [0.25, 0.3) is 5.91 Å². The molecule has 1 aliphatic heterocycles. The molecule has 1 N–H and O–H groups in total. The topological polar surface area (TPSA) is 87.6 Å². The number of carbonyl (C=O) groups is 1. The third-order valence-electron chi connectivity index (χ3n) is 3.74. The number of rotatable bonds is 6. The summed E-state index contributed by atoms with van der Waals surface area (Å²) in [5, 5.41) is 3.98. The third kappa shape index (κ3) is 3.49. The highest BCUT2D eigenvalue weighted by Crippen LogP contribution is 2.34. The molecule has 0 spiro atoms. The van der Waals surface area contributed by atoms with Crippen molar-refractivity contribution < 1.29 is 28.5 Å². The molecule has 2 aromatic carbocycles. The molecule has 1 heterocycles. The molecule has 0 aliphatic carbocycles. The van der Waals surface area contributed by atoms with Gasteiger partial charge >= 0.3 is 0 Å². The summed E-state index contributed by atoms with van der Waals surface area (Å²) in [7, 11) is 4.60. The summed E-state index contributed by atoms with van der Waals surface area (Å²) in [6, 6.07) is 8.30. The van der Waals surface area contributed by atoms with Crippen LogP contribution in [0.2, 0.25) is 0 Å². The highest BCUT2D eigenvalue weighted by atomic mass is 16.7. The number of amides is 1. The number of methoxy groups -OCH3 is 3. The minimum atomic E-state index is -0.376. The Morgan fingerprint density at radius 1 is 1.00 bits per heavy atom. The van der Waals surface area contributed by atoms with Crippen molar-refractivity contribution in [3.63, 3.8) is 0 Å². The maximum Gasteiger partial charge on any atom is 0.271 e. The molecule has 0 saturated carbocycles. The van der Waals surface area contributed by atoms with E-state index in [0.717, 1.165) is 0 Å². The van der Waals surface area contributed by atoms with Crippen LogP contribution in [-0.2, 0) is 0 Å². The van der Waals surface area contributed by atoms with Crippen molar-refractivity contribution in [2.45, 2.75) is 0 Å². The average Bonchev–Trinajstić information content (AvgIpc) is 3.15. The normalized spacial score (nSPS) is 12.1. The summed E-state index contributed by atoms with van der Waals surface area (Å²) >= 11 is 0. The van der Waals surface area contributed by atoms with Crippen LogP contribution in [-0.4, -0.2) is 40.2 Å². The zero-order valence-corrected chi connectivity index (χ0v) is 14.6. The lowest BCUT2D eigenvalue weighted by atomic mass is 10.2. The monoisotopic (exact) mass is 358 g/mol. The van der Waals surface area contributed by atoms with Crippen LogP contribution in [0.5, 0.6) is 28.7 Å². The van der Waals surface area contributed by atoms with Gasteiger partial charge in [-0.05, 0) is 24.3 Å². The van der Waals surface area contributed by atoms with E-state index in [-0.39, 0.29) is 12.7 Å². The predicted octanol–water partition coefficient (Wildman–Crippen LogP) is 2.21. The van der Waals surface area contributed by atoms with Crippen molar-refractivity contribution in [3.05, 3.63) is 41.5 Å². The summed E-state index contributed by atoms with van der Waals surface area (Å²) in [5.74, 6) is 2.36. The van der Waals surface area contributed by atoms with Gasteiger partial charge < -0.3 is 23.7 Å². The fourth-order valence-electron chi connectivity index (χ4n) is 2.42. The quantitative estimate of drug-likeness (QED) is 0.629. The van der Waals surface area contributed by atoms with E-state index in [1.807, 2.05) is 0 Å². The first-order valence-electron chi connectivity index (χ1n) is 7.69. The van der Waals surface area contributed by atoms with E-state index >= 15 is 0 Å². The molecule has 0 bridgehead atoms. The van der Waals surface area contributed by atoms with Crippen LogP contribution in [0.3, 0.4) is 0 Å². The standard InChI is InChI=1S/C18H18N2O6/c1-22-14-8-16(24-3)15(23-2)7-12(14)9-19-20-18(21)11-4-5-13-17(6-11)26-10-25-13/h4-9H,10H2,1-3H3,(H,20,21)/b19-9+. The highest BCUT2D eigenvalue weighted by molar-refractivity contribution is 5.95. The van der Waals surface area contributed by atoms with Gasteiger partial charge in [0.1, 0.15) is 5.75 Å². The Balaban J connectivity index is 1.74. The van der Waals surface area contributed by atoms with Crippen LogP contribution in [0.25, 0.3) is 0 Å². The molecule has 3 rings (SSSR count). The van der Waals surface area contributed by atoms with E-state index in [4.69, 9.17) is 23.7 Å². The smallest absolute Gasteiger partial charge is 0.271 e. The maximum absolute atomic E-state index is 12.2. The fraction of sp³-hybridized carbons (Fsp3) is 0.222. The van der Waals surface area contributed by atoms with Gasteiger partial charge in [0.15, 0.2) is 23.0 Å². The summed E-state index contributed by atoms with van der Waals surface area (Å²) < 4.78 is 26.3. The Hall–Kier alpha value is -3.42. The second kappa shape index (κ2) is 7.64. The van der Waals surface area contributed by atoms with E-state index in [2.05, 4.69) is 10.5 Å². The Labute approximate surface area is 150 Å². The van der Waals surface area contributed by atoms with Crippen LogP contribution in [0, 0.1) is 0 Å². The van der Waals surface area contributed by atoms with Crippen LogP contribution in [0.1, 0.15) is 15.9 Å². The van der Waals surface area contributed by atoms with Gasteiger partial charge in [0, 0.05) is 17.2 Å². The molecule has 26 heavy (non-hydrogen) atoms. The predicted molar refractivity (Wildman–Crippen MR) is 93.7 cm³/mol. The van der Waals surface area contributed by atoms with Gasteiger partial charge in [0.05, 0.1) is 27.5 Å². The van der Waals surface area contributed by atoms with Gasteiger partial charge in [-0.15, -0.1) is 0 Å². The summed E-state index contributed by atoms with van der Waals surface area (Å²) in [5.41, 5.74) is 3.49. The lowest BCUT2D eigenvalue weighted by molar-refractivity contribution is 0.0954. The lowest BCUT2D eigenvalue weighted by Gasteiger charge is -2.11. The van der Waals surface area contributed by atoms with Gasteiger partial charge in [0.2, 0.25) is 6.79 Å². The van der Waals surface area contributed by atoms with Crippen molar-refractivity contribution in [3.8, 4) is 28.7 Å². The molecule has 0 aromatic heterocycles. The van der Waals surface area contributed by atoms with Crippen molar-refractivity contribution in [1.82, 2.24) is 5.43 Å². The minimum Gasteiger partial charge on any atom is -0.496 e. The molecule has 1 aliphatic rings. The maximum atomic E-state index is 12.2. The molecule has 8 heteroatoms. The van der Waals surface area contributed by atoms with Crippen molar-refractivity contribution in [2.75, 3.05) is 28.1 Å².